The van der Waals surface area contributed by atoms with Crippen molar-refractivity contribution in [2.45, 2.75) is 39.2 Å². The summed E-state index contributed by atoms with van der Waals surface area (Å²) in [6.07, 6.45) is 3.99. The van der Waals surface area contributed by atoms with E-state index in [-0.39, 0.29) is 5.91 Å². The third kappa shape index (κ3) is 2.79. The summed E-state index contributed by atoms with van der Waals surface area (Å²) in [5.41, 5.74) is 4.19. The van der Waals surface area contributed by atoms with Crippen molar-refractivity contribution >= 4 is 5.91 Å². The molecular formula is C15H19N5O. The summed E-state index contributed by atoms with van der Waals surface area (Å²) in [6, 6.07) is 1.99. The molecule has 2 aromatic heterocycles. The van der Waals surface area contributed by atoms with Gasteiger partial charge in [-0.3, -0.25) is 9.48 Å². The largest absolute Gasteiger partial charge is 0.346 e. The van der Waals surface area contributed by atoms with Gasteiger partial charge in [0.2, 0.25) is 0 Å². The van der Waals surface area contributed by atoms with E-state index in [0.29, 0.717) is 18.0 Å². The molecule has 110 valence electrons. The highest BCUT2D eigenvalue weighted by Crippen LogP contribution is 2.38. The van der Waals surface area contributed by atoms with Crippen LogP contribution in [0.25, 0.3) is 0 Å². The van der Waals surface area contributed by atoms with E-state index >= 15 is 0 Å². The van der Waals surface area contributed by atoms with Gasteiger partial charge >= 0.3 is 0 Å². The summed E-state index contributed by atoms with van der Waals surface area (Å²) >= 11 is 0. The zero-order valence-electron chi connectivity index (χ0n) is 12.6. The van der Waals surface area contributed by atoms with Crippen LogP contribution in [-0.4, -0.2) is 25.7 Å². The lowest BCUT2D eigenvalue weighted by molar-refractivity contribution is 0.0949. The van der Waals surface area contributed by atoms with Crippen LogP contribution < -0.4 is 5.32 Å². The number of carbonyl (C=O) groups is 1. The van der Waals surface area contributed by atoms with Crippen LogP contribution in [0.2, 0.25) is 0 Å². The average Bonchev–Trinajstić information content (AvgIpc) is 3.26. The minimum atomic E-state index is -0.107. The fourth-order valence-corrected chi connectivity index (χ4v) is 2.48. The molecule has 1 aliphatic rings. The zero-order valence-corrected chi connectivity index (χ0v) is 12.6. The van der Waals surface area contributed by atoms with Crippen molar-refractivity contribution in [1.82, 2.24) is 25.1 Å². The highest BCUT2D eigenvalue weighted by molar-refractivity contribution is 5.96. The Morgan fingerprint density at radius 1 is 1.38 bits per heavy atom. The number of carbonyl (C=O) groups excluding carboxylic acids is 1. The van der Waals surface area contributed by atoms with Crippen LogP contribution in [0.5, 0.6) is 0 Å². The Balaban J connectivity index is 1.69. The molecule has 1 aliphatic carbocycles. The van der Waals surface area contributed by atoms with Gasteiger partial charge in [-0.05, 0) is 32.8 Å². The molecule has 2 aromatic rings. The van der Waals surface area contributed by atoms with Crippen LogP contribution in [-0.2, 0) is 13.6 Å². The van der Waals surface area contributed by atoms with E-state index < -0.39 is 0 Å². The molecule has 2 heterocycles. The maximum atomic E-state index is 12.3. The number of hydrogen-bond donors (Lipinski definition) is 1. The van der Waals surface area contributed by atoms with Crippen LogP contribution in [0.1, 0.15) is 51.9 Å². The van der Waals surface area contributed by atoms with Gasteiger partial charge in [-0.15, -0.1) is 0 Å². The van der Waals surface area contributed by atoms with Crippen molar-refractivity contribution in [3.05, 3.63) is 40.7 Å². The summed E-state index contributed by atoms with van der Waals surface area (Å²) in [5.74, 6) is 0.481. The van der Waals surface area contributed by atoms with Crippen molar-refractivity contribution in [3.63, 3.8) is 0 Å². The molecule has 0 aromatic carbocycles. The fraction of sp³-hybridized carbons (Fsp3) is 0.467. The third-order valence-electron chi connectivity index (χ3n) is 3.91. The minimum Gasteiger partial charge on any atom is -0.346 e. The van der Waals surface area contributed by atoms with Crippen molar-refractivity contribution in [2.24, 2.45) is 7.05 Å². The van der Waals surface area contributed by atoms with Crippen molar-refractivity contribution in [3.8, 4) is 0 Å². The molecule has 0 saturated heterocycles. The molecule has 6 heteroatoms. The SMILES string of the molecule is Cc1nn(C)c(C)c1C(=O)NCc1cc(C2CC2)ncn1. The summed E-state index contributed by atoms with van der Waals surface area (Å²) in [6.45, 7) is 4.15. The molecule has 6 nitrogen and oxygen atoms in total. The first-order valence-corrected chi connectivity index (χ1v) is 7.15. The van der Waals surface area contributed by atoms with E-state index in [0.717, 1.165) is 22.8 Å². The van der Waals surface area contributed by atoms with E-state index in [2.05, 4.69) is 20.4 Å². The molecule has 0 aliphatic heterocycles. The van der Waals surface area contributed by atoms with E-state index in [1.165, 1.54) is 12.8 Å². The highest BCUT2D eigenvalue weighted by Gasteiger charge is 2.25. The van der Waals surface area contributed by atoms with Gasteiger partial charge in [0.25, 0.3) is 5.91 Å². The van der Waals surface area contributed by atoms with Gasteiger partial charge in [-0.1, -0.05) is 0 Å². The summed E-state index contributed by atoms with van der Waals surface area (Å²) in [7, 11) is 1.84. The Hall–Kier alpha value is -2.24. The van der Waals surface area contributed by atoms with Crippen LogP contribution in [0.3, 0.4) is 0 Å². The van der Waals surface area contributed by atoms with Gasteiger partial charge in [0, 0.05) is 24.4 Å². The first-order valence-electron chi connectivity index (χ1n) is 7.15. The monoisotopic (exact) mass is 285 g/mol. The normalized spacial score (nSPS) is 14.2. The fourth-order valence-electron chi connectivity index (χ4n) is 2.48. The van der Waals surface area contributed by atoms with Gasteiger partial charge < -0.3 is 5.32 Å². The Morgan fingerprint density at radius 2 is 2.14 bits per heavy atom. The summed E-state index contributed by atoms with van der Waals surface area (Å²) in [4.78, 5) is 20.8. The molecule has 1 N–H and O–H groups in total. The smallest absolute Gasteiger partial charge is 0.255 e. The Bertz CT molecular complexity index is 687. The number of aryl methyl sites for hydroxylation is 2. The van der Waals surface area contributed by atoms with Crippen LogP contribution in [0.4, 0.5) is 0 Å². The number of aromatic nitrogens is 4. The van der Waals surface area contributed by atoms with Gasteiger partial charge in [0.1, 0.15) is 6.33 Å². The Kier molecular flexibility index (Phi) is 3.45. The van der Waals surface area contributed by atoms with Gasteiger partial charge in [0.05, 0.1) is 23.5 Å². The van der Waals surface area contributed by atoms with E-state index in [4.69, 9.17) is 0 Å². The number of amides is 1. The summed E-state index contributed by atoms with van der Waals surface area (Å²) in [5, 5.41) is 7.18. The highest BCUT2D eigenvalue weighted by atomic mass is 16.1. The molecule has 0 unspecified atom stereocenters. The van der Waals surface area contributed by atoms with Crippen LogP contribution in [0, 0.1) is 13.8 Å². The Labute approximate surface area is 123 Å². The maximum Gasteiger partial charge on any atom is 0.255 e. The van der Waals surface area contributed by atoms with Crippen LogP contribution >= 0.6 is 0 Å². The molecule has 3 rings (SSSR count). The lowest BCUT2D eigenvalue weighted by Crippen LogP contribution is -2.24. The van der Waals surface area contributed by atoms with Crippen molar-refractivity contribution in [1.29, 1.82) is 0 Å². The summed E-state index contributed by atoms with van der Waals surface area (Å²) < 4.78 is 1.72. The zero-order chi connectivity index (χ0) is 15.0. The second kappa shape index (κ2) is 5.27. The quantitative estimate of drug-likeness (QED) is 0.926. The van der Waals surface area contributed by atoms with Gasteiger partial charge in [-0.25, -0.2) is 9.97 Å². The Morgan fingerprint density at radius 3 is 2.76 bits per heavy atom. The maximum absolute atomic E-state index is 12.3. The molecule has 0 radical (unpaired) electrons. The topological polar surface area (TPSA) is 72.7 Å². The average molecular weight is 285 g/mol. The molecule has 1 saturated carbocycles. The first kappa shape index (κ1) is 13.7. The predicted octanol–water partition coefficient (Wildman–Crippen LogP) is 1.63. The standard InChI is InChI=1S/C15H19N5O/c1-9-14(10(2)20(3)19-9)15(21)16-7-12-6-13(11-4-5-11)18-8-17-12/h6,8,11H,4-5,7H2,1-3H3,(H,16,21). The lowest BCUT2D eigenvalue weighted by Gasteiger charge is -2.06. The molecular weight excluding hydrogens is 266 g/mol. The molecule has 0 atom stereocenters. The third-order valence-corrected chi connectivity index (χ3v) is 3.91. The predicted molar refractivity (Wildman–Crippen MR) is 77.9 cm³/mol. The second-order valence-electron chi connectivity index (χ2n) is 5.56. The lowest BCUT2D eigenvalue weighted by atomic mass is 10.2. The second-order valence-corrected chi connectivity index (χ2v) is 5.56. The van der Waals surface area contributed by atoms with Crippen molar-refractivity contribution < 1.29 is 4.79 Å². The number of rotatable bonds is 4. The van der Waals surface area contributed by atoms with E-state index in [1.807, 2.05) is 27.0 Å². The number of nitrogens with one attached hydrogen (secondary N) is 1. The molecule has 0 spiro atoms. The van der Waals surface area contributed by atoms with Gasteiger partial charge in [0.15, 0.2) is 0 Å². The molecule has 1 amide bonds. The number of hydrogen-bond acceptors (Lipinski definition) is 4. The van der Waals surface area contributed by atoms with Gasteiger partial charge in [-0.2, -0.15) is 5.10 Å². The minimum absolute atomic E-state index is 0.107. The molecule has 1 fully saturated rings. The molecule has 0 bridgehead atoms. The first-order chi connectivity index (χ1) is 10.1. The van der Waals surface area contributed by atoms with Crippen molar-refractivity contribution in [2.75, 3.05) is 0 Å². The van der Waals surface area contributed by atoms with E-state index in [1.54, 1.807) is 11.0 Å². The van der Waals surface area contributed by atoms with Crippen LogP contribution in [0.15, 0.2) is 12.4 Å². The van der Waals surface area contributed by atoms with E-state index in [9.17, 15) is 4.79 Å². The number of nitrogens with zero attached hydrogens (tertiary/aromatic N) is 4. The molecule has 21 heavy (non-hydrogen) atoms.